The molecule has 1 aromatic carbocycles. The van der Waals surface area contributed by atoms with Crippen LogP contribution in [-0.2, 0) is 6.54 Å². The van der Waals surface area contributed by atoms with E-state index in [1.165, 1.54) is 62.9 Å². The maximum atomic E-state index is 3.51. The molecule has 2 aliphatic rings. The van der Waals surface area contributed by atoms with E-state index in [0.717, 1.165) is 6.54 Å². The standard InChI is InChI=1S/C19H30N2/c1-16(2)20-13-17-8-7-9-18(12-17)21-14-19(15-21)10-5-3-4-6-11-19/h7-9,12,16,20H,3-6,10-11,13-15H2,1-2H3. The molecule has 1 heterocycles. The predicted molar refractivity (Wildman–Crippen MR) is 90.8 cm³/mol. The van der Waals surface area contributed by atoms with E-state index in [0.29, 0.717) is 11.5 Å². The van der Waals surface area contributed by atoms with Gasteiger partial charge in [0.15, 0.2) is 0 Å². The van der Waals surface area contributed by atoms with Gasteiger partial charge in [0, 0.05) is 36.8 Å². The lowest BCUT2D eigenvalue weighted by atomic mass is 9.73. The molecule has 0 atom stereocenters. The first-order chi connectivity index (χ1) is 10.2. The molecule has 0 amide bonds. The van der Waals surface area contributed by atoms with Crippen molar-refractivity contribution in [2.45, 2.75) is 65.0 Å². The number of benzene rings is 1. The molecule has 1 spiro atoms. The maximum absolute atomic E-state index is 3.51. The van der Waals surface area contributed by atoms with Crippen LogP contribution in [0.3, 0.4) is 0 Å². The third-order valence-electron chi connectivity index (χ3n) is 5.21. The molecule has 1 aliphatic heterocycles. The van der Waals surface area contributed by atoms with E-state index < -0.39 is 0 Å². The van der Waals surface area contributed by atoms with E-state index in [-0.39, 0.29) is 0 Å². The Morgan fingerprint density at radius 3 is 2.48 bits per heavy atom. The zero-order valence-corrected chi connectivity index (χ0v) is 13.7. The third kappa shape index (κ3) is 3.60. The van der Waals surface area contributed by atoms with Gasteiger partial charge >= 0.3 is 0 Å². The molecule has 2 nitrogen and oxygen atoms in total. The van der Waals surface area contributed by atoms with Crippen LogP contribution in [0.1, 0.15) is 57.9 Å². The normalized spacial score (nSPS) is 21.4. The Morgan fingerprint density at radius 1 is 1.10 bits per heavy atom. The smallest absolute Gasteiger partial charge is 0.0369 e. The van der Waals surface area contributed by atoms with Gasteiger partial charge in [-0.15, -0.1) is 0 Å². The molecule has 3 rings (SSSR count). The van der Waals surface area contributed by atoms with Crippen LogP contribution in [0.2, 0.25) is 0 Å². The average Bonchev–Trinajstić information content (AvgIpc) is 2.69. The van der Waals surface area contributed by atoms with Crippen molar-refractivity contribution in [3.63, 3.8) is 0 Å². The van der Waals surface area contributed by atoms with Crippen LogP contribution < -0.4 is 10.2 Å². The fourth-order valence-electron chi connectivity index (χ4n) is 3.93. The summed E-state index contributed by atoms with van der Waals surface area (Å²) in [4.78, 5) is 2.59. The Kier molecular flexibility index (Phi) is 4.54. The Morgan fingerprint density at radius 2 is 1.81 bits per heavy atom. The lowest BCUT2D eigenvalue weighted by Crippen LogP contribution is -2.56. The monoisotopic (exact) mass is 286 g/mol. The summed E-state index contributed by atoms with van der Waals surface area (Å²) in [5.41, 5.74) is 3.49. The first-order valence-corrected chi connectivity index (χ1v) is 8.74. The molecule has 21 heavy (non-hydrogen) atoms. The first kappa shape index (κ1) is 14.9. The molecule has 1 saturated heterocycles. The minimum atomic E-state index is 0.548. The first-order valence-electron chi connectivity index (χ1n) is 8.74. The molecule has 1 aliphatic carbocycles. The van der Waals surface area contributed by atoms with Gasteiger partial charge in [-0.3, -0.25) is 0 Å². The number of anilines is 1. The van der Waals surface area contributed by atoms with E-state index in [2.05, 4.69) is 48.3 Å². The van der Waals surface area contributed by atoms with Crippen LogP contribution in [-0.4, -0.2) is 19.1 Å². The Hall–Kier alpha value is -1.02. The highest BCUT2D eigenvalue weighted by atomic mass is 15.2. The van der Waals surface area contributed by atoms with Gasteiger partial charge in [-0.2, -0.15) is 0 Å². The van der Waals surface area contributed by atoms with Gasteiger partial charge in [-0.05, 0) is 30.5 Å². The quantitative estimate of drug-likeness (QED) is 0.885. The van der Waals surface area contributed by atoms with Gasteiger partial charge in [-0.1, -0.05) is 51.7 Å². The molecule has 2 heteroatoms. The summed E-state index contributed by atoms with van der Waals surface area (Å²) >= 11 is 0. The Balaban J connectivity index is 1.59. The number of rotatable bonds is 4. The van der Waals surface area contributed by atoms with E-state index in [4.69, 9.17) is 0 Å². The second-order valence-corrected chi connectivity index (χ2v) is 7.48. The van der Waals surface area contributed by atoms with Crippen molar-refractivity contribution in [1.29, 1.82) is 0 Å². The summed E-state index contributed by atoms with van der Waals surface area (Å²) in [5.74, 6) is 0. The fraction of sp³-hybridized carbons (Fsp3) is 0.684. The van der Waals surface area contributed by atoms with E-state index in [9.17, 15) is 0 Å². The molecule has 0 bridgehead atoms. The number of hydrogen-bond acceptors (Lipinski definition) is 2. The van der Waals surface area contributed by atoms with Crippen molar-refractivity contribution >= 4 is 5.69 Å². The van der Waals surface area contributed by atoms with Crippen molar-refractivity contribution in [3.05, 3.63) is 29.8 Å². The Bertz CT molecular complexity index is 450. The second kappa shape index (κ2) is 6.39. The van der Waals surface area contributed by atoms with Crippen molar-refractivity contribution in [3.8, 4) is 0 Å². The fourth-order valence-corrected chi connectivity index (χ4v) is 3.93. The van der Waals surface area contributed by atoms with Crippen LogP contribution >= 0.6 is 0 Å². The topological polar surface area (TPSA) is 15.3 Å². The summed E-state index contributed by atoms with van der Waals surface area (Å²) in [5, 5.41) is 3.51. The molecular formula is C19H30N2. The van der Waals surface area contributed by atoms with Crippen LogP contribution in [0, 0.1) is 5.41 Å². The molecule has 1 aromatic rings. The van der Waals surface area contributed by atoms with Crippen molar-refractivity contribution in [2.24, 2.45) is 5.41 Å². The van der Waals surface area contributed by atoms with Gasteiger partial charge in [-0.25, -0.2) is 0 Å². The van der Waals surface area contributed by atoms with E-state index >= 15 is 0 Å². The molecule has 0 aromatic heterocycles. The van der Waals surface area contributed by atoms with Gasteiger partial charge in [0.05, 0.1) is 0 Å². The summed E-state index contributed by atoms with van der Waals surface area (Å²) in [6, 6.07) is 9.65. The molecule has 0 unspecified atom stereocenters. The summed E-state index contributed by atoms with van der Waals surface area (Å²) in [6.45, 7) is 7.96. The molecule has 2 fully saturated rings. The summed E-state index contributed by atoms with van der Waals surface area (Å²) in [7, 11) is 0. The molecule has 116 valence electrons. The minimum absolute atomic E-state index is 0.548. The number of hydrogen-bond donors (Lipinski definition) is 1. The molecule has 1 N–H and O–H groups in total. The van der Waals surface area contributed by atoms with Gasteiger partial charge < -0.3 is 10.2 Å². The maximum Gasteiger partial charge on any atom is 0.0369 e. The molecular weight excluding hydrogens is 256 g/mol. The van der Waals surface area contributed by atoms with Crippen molar-refractivity contribution in [2.75, 3.05) is 18.0 Å². The van der Waals surface area contributed by atoms with E-state index in [1.807, 2.05) is 0 Å². The highest BCUT2D eigenvalue weighted by Gasteiger charge is 2.42. The average molecular weight is 286 g/mol. The summed E-state index contributed by atoms with van der Waals surface area (Å²) in [6.07, 6.45) is 8.73. The van der Waals surface area contributed by atoms with Crippen LogP contribution in [0.15, 0.2) is 24.3 Å². The second-order valence-electron chi connectivity index (χ2n) is 7.48. The van der Waals surface area contributed by atoms with Crippen LogP contribution in [0.5, 0.6) is 0 Å². The zero-order valence-electron chi connectivity index (χ0n) is 13.7. The zero-order chi connectivity index (χ0) is 14.7. The van der Waals surface area contributed by atoms with E-state index in [1.54, 1.807) is 0 Å². The van der Waals surface area contributed by atoms with Gasteiger partial charge in [0.25, 0.3) is 0 Å². The Labute approximate surface area is 129 Å². The number of nitrogens with zero attached hydrogens (tertiary/aromatic N) is 1. The summed E-state index contributed by atoms with van der Waals surface area (Å²) < 4.78 is 0. The SMILES string of the molecule is CC(C)NCc1cccc(N2CC3(CCCCCC3)C2)c1. The van der Waals surface area contributed by atoms with Gasteiger partial charge in [0.1, 0.15) is 0 Å². The highest BCUT2D eigenvalue weighted by molar-refractivity contribution is 5.51. The largest absolute Gasteiger partial charge is 0.370 e. The lowest BCUT2D eigenvalue weighted by Gasteiger charge is -2.51. The minimum Gasteiger partial charge on any atom is -0.370 e. The predicted octanol–water partition coefficient (Wildman–Crippen LogP) is 4.35. The molecule has 1 saturated carbocycles. The van der Waals surface area contributed by atoms with Crippen LogP contribution in [0.4, 0.5) is 5.69 Å². The molecule has 0 radical (unpaired) electrons. The lowest BCUT2D eigenvalue weighted by molar-refractivity contribution is 0.180. The van der Waals surface area contributed by atoms with Crippen LogP contribution in [0.25, 0.3) is 0 Å². The van der Waals surface area contributed by atoms with Crippen molar-refractivity contribution < 1.29 is 0 Å². The van der Waals surface area contributed by atoms with Crippen molar-refractivity contribution in [1.82, 2.24) is 5.32 Å². The third-order valence-corrected chi connectivity index (χ3v) is 5.21. The van der Waals surface area contributed by atoms with Gasteiger partial charge in [0.2, 0.25) is 0 Å². The highest BCUT2D eigenvalue weighted by Crippen LogP contribution is 2.44. The number of nitrogens with one attached hydrogen (secondary N) is 1.